The fraction of sp³-hybridized carbons (Fsp3) is 0.161. The zero-order chi connectivity index (χ0) is 28.1. The van der Waals surface area contributed by atoms with Gasteiger partial charge >= 0.3 is 5.69 Å². The molecule has 39 heavy (non-hydrogen) atoms. The van der Waals surface area contributed by atoms with Crippen molar-refractivity contribution in [3.63, 3.8) is 0 Å². The quantitative estimate of drug-likeness (QED) is 0.400. The predicted octanol–water partition coefficient (Wildman–Crippen LogP) is -2.20. The van der Waals surface area contributed by atoms with Crippen LogP contribution in [0.15, 0.2) is 21.9 Å². The summed E-state index contributed by atoms with van der Waals surface area (Å²) >= 11 is 0. The second-order valence-corrected chi connectivity index (χ2v) is 6.46. The molecule has 1 aliphatic heterocycles. The molecular formula is C31H12N2O6. The van der Waals surface area contributed by atoms with E-state index in [0.717, 1.165) is 10.6 Å². The second-order valence-electron chi connectivity index (χ2n) is 6.46. The summed E-state index contributed by atoms with van der Waals surface area (Å²) in [6.07, 6.45) is 3.78. The highest BCUT2D eigenvalue weighted by atomic mass is 16.6. The van der Waals surface area contributed by atoms with Crippen molar-refractivity contribution >= 4 is 0 Å². The summed E-state index contributed by atoms with van der Waals surface area (Å²) in [5.41, 5.74) is -1.38. The molecular weight excluding hydrogens is 496 g/mol. The Labute approximate surface area is 224 Å². The Balaban J connectivity index is 1.90. The molecule has 0 aliphatic carbocycles. The summed E-state index contributed by atoms with van der Waals surface area (Å²) in [7, 11) is 0. The fourth-order valence-electron chi connectivity index (χ4n) is 2.54. The molecule has 3 N–H and O–H groups in total. The minimum absolute atomic E-state index is 0.526. The number of aromatic amines is 1. The molecule has 1 unspecified atom stereocenters. The van der Waals surface area contributed by atoms with E-state index in [-0.39, 0.29) is 0 Å². The molecule has 0 aromatic carbocycles. The average Bonchev–Trinajstić information content (AvgIpc) is 3.24. The molecule has 1 aromatic heterocycles. The molecule has 0 spiro atoms. The molecule has 4 atom stereocenters. The van der Waals surface area contributed by atoms with Crippen LogP contribution in [-0.2, 0) is 9.47 Å². The van der Waals surface area contributed by atoms with Crippen LogP contribution in [0.3, 0.4) is 0 Å². The number of H-pyrrole nitrogens is 1. The molecule has 8 heteroatoms. The first-order chi connectivity index (χ1) is 19.1. The summed E-state index contributed by atoms with van der Waals surface area (Å²) in [5.74, 6) is 48.3. The van der Waals surface area contributed by atoms with Crippen LogP contribution >= 0.6 is 0 Å². The van der Waals surface area contributed by atoms with Gasteiger partial charge in [-0.15, -0.1) is 6.42 Å². The van der Waals surface area contributed by atoms with Gasteiger partial charge in [0, 0.05) is 83.3 Å². The van der Waals surface area contributed by atoms with Gasteiger partial charge in [0.2, 0.25) is 0 Å². The predicted molar refractivity (Wildman–Crippen MR) is 140 cm³/mol. The highest BCUT2D eigenvalue weighted by Crippen LogP contribution is 2.30. The number of aliphatic hydroxyl groups excluding tert-OH is 2. The molecule has 1 aliphatic rings. The van der Waals surface area contributed by atoms with Crippen molar-refractivity contribution in [3.8, 4) is 131 Å². The van der Waals surface area contributed by atoms with Crippen molar-refractivity contribution in [2.24, 2.45) is 0 Å². The number of terminal acetylenes is 1. The third-order valence-electron chi connectivity index (χ3n) is 4.06. The van der Waals surface area contributed by atoms with Crippen LogP contribution in [0.1, 0.15) is 6.23 Å². The summed E-state index contributed by atoms with van der Waals surface area (Å²) < 4.78 is 11.8. The standard InChI is InChI=1S/C31H12N2O6/c1-2-3-4-5-6-7-8-9-10-11-12-13-14-15-16-17-18-19-20-21-24-38-29-28(36)26(25-34)39-30(29)33-23-22-27(35)32-31(33)37/h1,22-23,26,28-30,34,36H,25H2,(H,32,35,37)/t26-,28?,29+,30-/m1/s1. The van der Waals surface area contributed by atoms with Crippen LogP contribution in [0.2, 0.25) is 0 Å². The van der Waals surface area contributed by atoms with E-state index in [4.69, 9.17) is 15.9 Å². The van der Waals surface area contributed by atoms with Gasteiger partial charge < -0.3 is 19.7 Å². The summed E-state index contributed by atoms with van der Waals surface area (Å²) in [5, 5.41) is 19.7. The monoisotopic (exact) mass is 508 g/mol. The Morgan fingerprint density at radius 3 is 1.72 bits per heavy atom. The maximum absolute atomic E-state index is 12.0. The fourth-order valence-corrected chi connectivity index (χ4v) is 2.54. The van der Waals surface area contributed by atoms with Crippen molar-refractivity contribution in [1.82, 2.24) is 9.55 Å². The Hall–Kier alpha value is -6.48. The average molecular weight is 508 g/mol. The minimum Gasteiger partial charge on any atom is -0.435 e. The van der Waals surface area contributed by atoms with E-state index < -0.39 is 42.4 Å². The first-order valence-corrected chi connectivity index (χ1v) is 10.5. The summed E-state index contributed by atoms with van der Waals surface area (Å²) in [4.78, 5) is 25.4. The summed E-state index contributed by atoms with van der Waals surface area (Å²) in [6, 6.07) is 1.10. The van der Waals surface area contributed by atoms with Gasteiger partial charge in [-0.05, 0) is 47.4 Å². The van der Waals surface area contributed by atoms with E-state index in [0.29, 0.717) is 0 Å². The van der Waals surface area contributed by atoms with Crippen LogP contribution < -0.4 is 11.2 Å². The van der Waals surface area contributed by atoms with E-state index >= 15 is 0 Å². The maximum atomic E-state index is 12.0. The number of rotatable bonds is 3. The van der Waals surface area contributed by atoms with Gasteiger partial charge in [0.05, 0.1) is 6.61 Å². The van der Waals surface area contributed by atoms with Crippen LogP contribution in [0.5, 0.6) is 0 Å². The van der Waals surface area contributed by atoms with Gasteiger partial charge in [-0.3, -0.25) is 14.3 Å². The van der Waals surface area contributed by atoms with E-state index in [1.54, 1.807) is 0 Å². The van der Waals surface area contributed by atoms with Gasteiger partial charge in [-0.25, -0.2) is 4.79 Å². The van der Waals surface area contributed by atoms with Crippen molar-refractivity contribution in [2.75, 3.05) is 6.61 Å². The largest absolute Gasteiger partial charge is 0.435 e. The van der Waals surface area contributed by atoms with E-state index in [1.807, 2.05) is 0 Å². The highest BCUT2D eigenvalue weighted by molar-refractivity contribution is 5.47. The number of aromatic nitrogens is 2. The summed E-state index contributed by atoms with van der Waals surface area (Å²) in [6.45, 7) is -0.526. The van der Waals surface area contributed by atoms with Crippen molar-refractivity contribution in [2.45, 2.75) is 24.5 Å². The minimum atomic E-state index is -1.30. The number of nitrogens with zero attached hydrogens (tertiary/aromatic N) is 1. The molecule has 0 radical (unpaired) electrons. The second kappa shape index (κ2) is 17.0. The molecule has 0 bridgehead atoms. The molecule has 182 valence electrons. The molecule has 2 rings (SSSR count). The Morgan fingerprint density at radius 2 is 1.28 bits per heavy atom. The maximum Gasteiger partial charge on any atom is 0.330 e. The first-order valence-electron chi connectivity index (χ1n) is 10.5. The molecule has 1 fully saturated rings. The molecule has 1 saturated heterocycles. The normalized spacial score (nSPS) is 16.6. The molecule has 2 heterocycles. The lowest BCUT2D eigenvalue weighted by Gasteiger charge is -2.19. The topological polar surface area (TPSA) is 114 Å². The van der Waals surface area contributed by atoms with Crippen LogP contribution in [0, 0.1) is 131 Å². The van der Waals surface area contributed by atoms with E-state index in [2.05, 4.69) is 129 Å². The lowest BCUT2D eigenvalue weighted by atomic mass is 10.1. The van der Waals surface area contributed by atoms with Crippen molar-refractivity contribution in [3.05, 3.63) is 33.1 Å². The number of hydrogen-bond acceptors (Lipinski definition) is 6. The van der Waals surface area contributed by atoms with Crippen molar-refractivity contribution < 1.29 is 19.7 Å². The van der Waals surface area contributed by atoms with Gasteiger partial charge in [0.15, 0.2) is 12.3 Å². The number of nitrogens with one attached hydrogen (secondary N) is 1. The number of hydrogen-bond donors (Lipinski definition) is 3. The van der Waals surface area contributed by atoms with E-state index in [9.17, 15) is 19.8 Å². The number of ether oxygens (including phenoxy) is 2. The Bertz CT molecular complexity index is 1910. The third-order valence-corrected chi connectivity index (χ3v) is 4.06. The van der Waals surface area contributed by atoms with Crippen molar-refractivity contribution in [1.29, 1.82) is 0 Å². The highest BCUT2D eigenvalue weighted by Gasteiger charge is 2.46. The zero-order valence-corrected chi connectivity index (χ0v) is 19.7. The number of aliphatic hydroxyl groups is 2. The molecule has 8 nitrogen and oxygen atoms in total. The molecule has 0 amide bonds. The van der Waals surface area contributed by atoms with Crippen LogP contribution in [0.25, 0.3) is 0 Å². The lowest BCUT2D eigenvalue weighted by Crippen LogP contribution is -2.38. The van der Waals surface area contributed by atoms with Gasteiger partial charge in [-0.2, -0.15) is 0 Å². The Morgan fingerprint density at radius 1 is 0.821 bits per heavy atom. The molecule has 0 saturated carbocycles. The SMILES string of the molecule is C#CC#CC#CC#CC#CC#CC#CC#CC#CC#CC#CO[C@H]1C(O)[C@@H](CO)O[C@H]1n1ccc(=O)[nH]c1=O. The van der Waals surface area contributed by atoms with Gasteiger partial charge in [-0.1, -0.05) is 0 Å². The van der Waals surface area contributed by atoms with Crippen LogP contribution in [-0.4, -0.2) is 44.7 Å². The first kappa shape index (κ1) is 28.8. The van der Waals surface area contributed by atoms with Gasteiger partial charge in [0.1, 0.15) is 18.3 Å². The van der Waals surface area contributed by atoms with Crippen LogP contribution in [0.4, 0.5) is 0 Å². The lowest BCUT2D eigenvalue weighted by molar-refractivity contribution is -0.0549. The zero-order valence-electron chi connectivity index (χ0n) is 19.7. The smallest absolute Gasteiger partial charge is 0.330 e. The Kier molecular flexibility index (Phi) is 12.6. The van der Waals surface area contributed by atoms with E-state index in [1.165, 1.54) is 6.20 Å². The third kappa shape index (κ3) is 10.3. The molecule has 1 aromatic rings. The van der Waals surface area contributed by atoms with Gasteiger partial charge in [0.25, 0.3) is 5.56 Å².